The van der Waals surface area contributed by atoms with Gasteiger partial charge in [-0.25, -0.2) is 18.7 Å². The van der Waals surface area contributed by atoms with Gasteiger partial charge in [-0.1, -0.05) is 25.1 Å². The summed E-state index contributed by atoms with van der Waals surface area (Å²) in [5.41, 5.74) is 0.147. The number of piperidine rings is 1. The van der Waals surface area contributed by atoms with E-state index >= 15 is 8.78 Å². The van der Waals surface area contributed by atoms with Crippen LogP contribution in [0.5, 0.6) is 5.75 Å². The molecule has 1 aromatic heterocycles. The van der Waals surface area contributed by atoms with E-state index in [0.29, 0.717) is 35.8 Å². The van der Waals surface area contributed by atoms with Gasteiger partial charge in [-0.3, -0.25) is 4.79 Å². The summed E-state index contributed by atoms with van der Waals surface area (Å²) in [6.45, 7) is 5.74. The number of aromatic nitrogens is 2. The van der Waals surface area contributed by atoms with Crippen molar-refractivity contribution in [1.29, 1.82) is 0 Å². The molecule has 0 radical (unpaired) electrons. The molecule has 0 aliphatic carbocycles. The van der Waals surface area contributed by atoms with E-state index in [4.69, 9.17) is 4.74 Å². The Balaban J connectivity index is 1.52. The number of benzene rings is 2. The topological polar surface area (TPSA) is 67.3 Å². The molecule has 0 atom stereocenters. The van der Waals surface area contributed by atoms with Crippen LogP contribution in [0.4, 0.5) is 27.9 Å². The number of rotatable bonds is 8. The molecule has 11 heteroatoms. The molecule has 1 N–H and O–H groups in total. The van der Waals surface area contributed by atoms with Crippen LogP contribution in [0, 0.1) is 6.92 Å². The zero-order chi connectivity index (χ0) is 29.1. The van der Waals surface area contributed by atoms with Gasteiger partial charge in [0.1, 0.15) is 5.75 Å². The third-order valence-electron chi connectivity index (χ3n) is 7.23. The number of alkyl halides is 5. The van der Waals surface area contributed by atoms with Gasteiger partial charge < -0.3 is 15.0 Å². The summed E-state index contributed by atoms with van der Waals surface area (Å²) in [5, 5.41) is 2.75. The summed E-state index contributed by atoms with van der Waals surface area (Å²) < 4.78 is 75.5. The molecule has 0 unspecified atom stereocenters. The van der Waals surface area contributed by atoms with Crippen molar-refractivity contribution in [3.63, 3.8) is 0 Å². The van der Waals surface area contributed by atoms with Crippen LogP contribution in [0.1, 0.15) is 54.6 Å². The molecule has 4 rings (SSSR count). The van der Waals surface area contributed by atoms with Gasteiger partial charge in [-0.15, -0.1) is 0 Å². The van der Waals surface area contributed by atoms with Gasteiger partial charge in [0.05, 0.1) is 5.56 Å². The molecule has 0 saturated carbocycles. The molecule has 2 heterocycles. The molecule has 40 heavy (non-hydrogen) atoms. The molecule has 214 valence electrons. The van der Waals surface area contributed by atoms with Gasteiger partial charge >= 0.3 is 6.18 Å². The third kappa shape index (κ3) is 6.03. The van der Waals surface area contributed by atoms with Crippen LogP contribution in [-0.4, -0.2) is 47.0 Å². The number of carbonyl (C=O) groups excluding carboxylic acids is 1. The molecule has 3 aromatic rings. The first-order valence-electron chi connectivity index (χ1n) is 13.1. The average Bonchev–Trinajstić information content (AvgIpc) is 2.94. The van der Waals surface area contributed by atoms with Gasteiger partial charge in [0.25, 0.3) is 11.8 Å². The number of hydrogen-bond donors (Lipinski definition) is 1. The Morgan fingerprint density at radius 2 is 1.57 bits per heavy atom. The minimum Gasteiger partial charge on any atom is -0.481 e. The fourth-order valence-corrected chi connectivity index (χ4v) is 4.79. The number of nitrogens with one attached hydrogen (secondary N) is 1. The predicted molar refractivity (Wildman–Crippen MR) is 142 cm³/mol. The summed E-state index contributed by atoms with van der Waals surface area (Å²) in [5.74, 6) is -2.93. The van der Waals surface area contributed by atoms with Crippen LogP contribution < -0.4 is 15.0 Å². The van der Waals surface area contributed by atoms with Crippen molar-refractivity contribution in [2.45, 2.75) is 57.7 Å². The summed E-state index contributed by atoms with van der Waals surface area (Å²) in [7, 11) is 0. The van der Waals surface area contributed by atoms with E-state index < -0.39 is 29.7 Å². The Hall–Kier alpha value is -3.76. The SMILES string of the molecule is CCNC(=O)c1ccc(-c2ccc(OC3(C(F)(F)CC)CCN(c4ncc(C(F)(F)F)cn4)CC3)c(C)c2)cc1. The van der Waals surface area contributed by atoms with Crippen LogP contribution >= 0.6 is 0 Å². The van der Waals surface area contributed by atoms with Crippen molar-refractivity contribution in [3.8, 4) is 16.9 Å². The van der Waals surface area contributed by atoms with E-state index in [1.807, 2.05) is 25.1 Å². The monoisotopic (exact) mass is 562 g/mol. The van der Waals surface area contributed by atoms with Crippen LogP contribution in [0.15, 0.2) is 54.9 Å². The predicted octanol–water partition coefficient (Wildman–Crippen LogP) is 6.68. The molecule has 1 aliphatic rings. The quantitative estimate of drug-likeness (QED) is 0.310. The van der Waals surface area contributed by atoms with E-state index in [-0.39, 0.29) is 37.8 Å². The largest absolute Gasteiger partial charge is 0.481 e. The maximum absolute atomic E-state index is 15.4. The number of aryl methyl sites for hydroxylation is 1. The number of carbonyl (C=O) groups is 1. The average molecular weight is 563 g/mol. The Labute approximate surface area is 229 Å². The zero-order valence-electron chi connectivity index (χ0n) is 22.5. The maximum atomic E-state index is 15.4. The number of amides is 1. The number of nitrogens with zero attached hydrogens (tertiary/aromatic N) is 3. The standard InChI is InChI=1S/C29H31F5N4O2/c1-4-28(30,31)27(12-14-38(15-13-27)26-36-17-23(18-37-26)29(32,33)34)40-24-11-10-22(16-19(24)3)20-6-8-21(9-7-20)25(39)35-5-2/h6-11,16-18H,4-5,12-15H2,1-3H3,(H,35,39). The molecule has 0 spiro atoms. The molecule has 1 amide bonds. The Morgan fingerprint density at radius 1 is 0.975 bits per heavy atom. The highest BCUT2D eigenvalue weighted by Crippen LogP contribution is 2.44. The lowest BCUT2D eigenvalue weighted by Gasteiger charge is -2.46. The van der Waals surface area contributed by atoms with Gasteiger partial charge in [-0.05, 0) is 54.8 Å². The summed E-state index contributed by atoms with van der Waals surface area (Å²) in [6, 6.07) is 12.4. The van der Waals surface area contributed by atoms with Gasteiger partial charge in [0.2, 0.25) is 5.95 Å². The Bertz CT molecular complexity index is 1320. The first kappa shape index (κ1) is 29.2. The second kappa shape index (κ2) is 11.4. The van der Waals surface area contributed by atoms with Gasteiger partial charge in [-0.2, -0.15) is 13.2 Å². The molecule has 6 nitrogen and oxygen atoms in total. The summed E-state index contributed by atoms with van der Waals surface area (Å²) in [4.78, 5) is 21.2. The highest BCUT2D eigenvalue weighted by Gasteiger charge is 2.56. The lowest BCUT2D eigenvalue weighted by Crippen LogP contribution is -2.59. The second-order valence-electron chi connectivity index (χ2n) is 9.83. The van der Waals surface area contributed by atoms with Gasteiger partial charge in [0.15, 0.2) is 5.60 Å². The zero-order valence-corrected chi connectivity index (χ0v) is 22.5. The molecule has 1 aliphatic heterocycles. The molecule has 0 bridgehead atoms. The van der Waals surface area contributed by atoms with Crippen molar-refractivity contribution in [2.75, 3.05) is 24.5 Å². The van der Waals surface area contributed by atoms with E-state index in [0.717, 1.165) is 11.1 Å². The van der Waals surface area contributed by atoms with E-state index in [9.17, 15) is 18.0 Å². The Kier molecular flexibility index (Phi) is 8.32. The normalized spacial score (nSPS) is 15.6. The summed E-state index contributed by atoms with van der Waals surface area (Å²) >= 11 is 0. The molecular weight excluding hydrogens is 531 g/mol. The lowest BCUT2D eigenvalue weighted by molar-refractivity contribution is -0.177. The van der Waals surface area contributed by atoms with E-state index in [1.54, 1.807) is 36.1 Å². The first-order valence-corrected chi connectivity index (χ1v) is 13.1. The molecule has 1 saturated heterocycles. The number of halogens is 5. The highest BCUT2D eigenvalue weighted by atomic mass is 19.4. The van der Waals surface area contributed by atoms with Crippen molar-refractivity contribution in [1.82, 2.24) is 15.3 Å². The molecule has 2 aromatic carbocycles. The third-order valence-corrected chi connectivity index (χ3v) is 7.23. The van der Waals surface area contributed by atoms with Crippen molar-refractivity contribution >= 4 is 11.9 Å². The number of ether oxygens (including phenoxy) is 1. The Morgan fingerprint density at radius 3 is 2.10 bits per heavy atom. The molecular formula is C29H31F5N4O2. The minimum absolute atomic E-state index is 0.0557. The summed E-state index contributed by atoms with van der Waals surface area (Å²) in [6.07, 6.45) is -3.74. The highest BCUT2D eigenvalue weighted by molar-refractivity contribution is 5.94. The smallest absolute Gasteiger partial charge is 0.419 e. The number of anilines is 1. The van der Waals surface area contributed by atoms with Gasteiger partial charge in [0, 0.05) is 56.9 Å². The van der Waals surface area contributed by atoms with Crippen LogP contribution in [-0.2, 0) is 6.18 Å². The van der Waals surface area contributed by atoms with E-state index in [1.165, 1.54) is 6.92 Å². The van der Waals surface area contributed by atoms with Crippen LogP contribution in [0.2, 0.25) is 0 Å². The van der Waals surface area contributed by atoms with Crippen LogP contribution in [0.3, 0.4) is 0 Å². The van der Waals surface area contributed by atoms with E-state index in [2.05, 4.69) is 15.3 Å². The first-order chi connectivity index (χ1) is 18.9. The lowest BCUT2D eigenvalue weighted by atomic mass is 9.83. The van der Waals surface area contributed by atoms with Crippen molar-refractivity contribution in [2.24, 2.45) is 0 Å². The maximum Gasteiger partial charge on any atom is 0.419 e. The number of hydrogen-bond acceptors (Lipinski definition) is 5. The second-order valence-corrected chi connectivity index (χ2v) is 9.83. The van der Waals surface area contributed by atoms with Crippen molar-refractivity contribution in [3.05, 3.63) is 71.5 Å². The molecule has 1 fully saturated rings. The fourth-order valence-electron chi connectivity index (χ4n) is 4.79. The fraction of sp³-hybridized carbons (Fsp3) is 0.414. The minimum atomic E-state index is -4.56. The van der Waals surface area contributed by atoms with Crippen molar-refractivity contribution < 1.29 is 31.5 Å². The van der Waals surface area contributed by atoms with Crippen LogP contribution in [0.25, 0.3) is 11.1 Å².